The largest absolute Gasteiger partial charge is 0.382 e. The summed E-state index contributed by atoms with van der Waals surface area (Å²) in [5, 5.41) is 11.3. The first-order chi connectivity index (χ1) is 8.12. The maximum absolute atomic E-state index is 11.6. The van der Waals surface area contributed by atoms with Gasteiger partial charge in [0.25, 0.3) is 0 Å². The van der Waals surface area contributed by atoms with Crippen molar-refractivity contribution in [2.45, 2.75) is 18.1 Å². The Bertz CT molecular complexity index is 531. The zero-order valence-electron chi connectivity index (χ0n) is 9.26. The molecule has 5 nitrogen and oxygen atoms in total. The molecular formula is C11H13N3O2S. The van der Waals surface area contributed by atoms with E-state index in [-0.39, 0.29) is 5.25 Å². The molecule has 1 aromatic heterocycles. The quantitative estimate of drug-likeness (QED) is 0.864. The van der Waals surface area contributed by atoms with Crippen LogP contribution in [0.5, 0.6) is 0 Å². The Balaban J connectivity index is 1.96. The first kappa shape index (κ1) is 11.9. The van der Waals surface area contributed by atoms with Crippen molar-refractivity contribution >= 4 is 15.5 Å². The molecule has 1 fully saturated rings. The van der Waals surface area contributed by atoms with Crippen LogP contribution in [0.1, 0.15) is 18.5 Å². The van der Waals surface area contributed by atoms with Crippen molar-refractivity contribution in [3.8, 4) is 6.07 Å². The second-order valence-corrected chi connectivity index (χ2v) is 6.46. The first-order valence-corrected chi connectivity index (χ1v) is 7.15. The van der Waals surface area contributed by atoms with E-state index in [0.717, 1.165) is 18.5 Å². The predicted molar refractivity (Wildman–Crippen MR) is 64.3 cm³/mol. The average molecular weight is 251 g/mol. The first-order valence-electron chi connectivity index (χ1n) is 5.43. The highest BCUT2D eigenvalue weighted by atomic mass is 32.2. The summed E-state index contributed by atoms with van der Waals surface area (Å²) in [6.07, 6.45) is 3.01. The van der Waals surface area contributed by atoms with Crippen molar-refractivity contribution in [2.75, 3.05) is 17.6 Å². The number of hydrogen-bond donors (Lipinski definition) is 1. The lowest BCUT2D eigenvalue weighted by Gasteiger charge is -2.11. The van der Waals surface area contributed by atoms with Gasteiger partial charge in [-0.2, -0.15) is 5.26 Å². The highest BCUT2D eigenvalue weighted by molar-refractivity contribution is 7.92. The van der Waals surface area contributed by atoms with Crippen molar-refractivity contribution in [1.82, 2.24) is 4.98 Å². The van der Waals surface area contributed by atoms with E-state index in [1.807, 2.05) is 6.07 Å². The second kappa shape index (κ2) is 4.72. The molecule has 1 unspecified atom stereocenters. The summed E-state index contributed by atoms with van der Waals surface area (Å²) in [6.45, 7) is 0.413. The van der Waals surface area contributed by atoms with E-state index < -0.39 is 9.84 Å². The Labute approximate surface area is 100 Å². The van der Waals surface area contributed by atoms with Crippen molar-refractivity contribution in [3.63, 3.8) is 0 Å². The molecule has 1 N–H and O–H groups in total. The number of sulfone groups is 1. The topological polar surface area (TPSA) is 82.9 Å². The Morgan fingerprint density at radius 2 is 2.35 bits per heavy atom. The standard InChI is InChI=1S/C11H13N3O2S/c12-6-9-3-4-10(7-13-9)14-8-11-2-1-5-17(11,15)16/h3-4,7,11,14H,1-2,5,8H2. The molecule has 6 heteroatoms. The second-order valence-electron chi connectivity index (χ2n) is 4.06. The molecule has 1 saturated heterocycles. The Kier molecular flexibility index (Phi) is 3.29. The van der Waals surface area contributed by atoms with E-state index >= 15 is 0 Å². The highest BCUT2D eigenvalue weighted by Gasteiger charge is 2.30. The molecule has 17 heavy (non-hydrogen) atoms. The molecule has 0 spiro atoms. The van der Waals surface area contributed by atoms with Gasteiger partial charge in [0.15, 0.2) is 9.84 Å². The van der Waals surface area contributed by atoms with Gasteiger partial charge in [-0.15, -0.1) is 0 Å². The Morgan fingerprint density at radius 1 is 1.53 bits per heavy atom. The number of anilines is 1. The SMILES string of the molecule is N#Cc1ccc(NCC2CCCS2(=O)=O)cn1. The van der Waals surface area contributed by atoms with Crippen LogP contribution in [0.15, 0.2) is 18.3 Å². The van der Waals surface area contributed by atoms with Crippen LogP contribution < -0.4 is 5.32 Å². The Hall–Kier alpha value is -1.61. The van der Waals surface area contributed by atoms with Crippen LogP contribution in [0, 0.1) is 11.3 Å². The zero-order chi connectivity index (χ0) is 12.3. The van der Waals surface area contributed by atoms with Crippen molar-refractivity contribution in [2.24, 2.45) is 0 Å². The summed E-state index contributed by atoms with van der Waals surface area (Å²) in [5.74, 6) is 0.297. The number of hydrogen-bond acceptors (Lipinski definition) is 5. The van der Waals surface area contributed by atoms with Crippen LogP contribution in [0.2, 0.25) is 0 Å². The predicted octanol–water partition coefficient (Wildman–Crippen LogP) is 0.942. The van der Waals surface area contributed by atoms with E-state index in [4.69, 9.17) is 5.26 Å². The van der Waals surface area contributed by atoms with Crippen molar-refractivity contribution in [1.29, 1.82) is 5.26 Å². The van der Waals surface area contributed by atoms with Crippen molar-refractivity contribution in [3.05, 3.63) is 24.0 Å². The molecule has 2 rings (SSSR count). The number of aromatic nitrogens is 1. The molecule has 1 atom stereocenters. The smallest absolute Gasteiger partial charge is 0.154 e. The third kappa shape index (κ3) is 2.74. The van der Waals surface area contributed by atoms with Gasteiger partial charge in [-0.25, -0.2) is 13.4 Å². The summed E-state index contributed by atoms with van der Waals surface area (Å²) in [4.78, 5) is 3.91. The normalized spacial score (nSPS) is 21.9. The molecule has 0 bridgehead atoms. The molecule has 0 aliphatic carbocycles. The van der Waals surface area contributed by atoms with Gasteiger partial charge in [0, 0.05) is 6.54 Å². The van der Waals surface area contributed by atoms with Gasteiger partial charge in [-0.1, -0.05) is 0 Å². The number of rotatable bonds is 3. The summed E-state index contributed by atoms with van der Waals surface area (Å²) >= 11 is 0. The fourth-order valence-corrected chi connectivity index (χ4v) is 3.65. The monoisotopic (exact) mass is 251 g/mol. The van der Waals surface area contributed by atoms with Gasteiger partial charge in [-0.3, -0.25) is 0 Å². The third-order valence-electron chi connectivity index (χ3n) is 2.87. The minimum absolute atomic E-state index is 0.293. The van der Waals surface area contributed by atoms with Crippen LogP contribution in [-0.4, -0.2) is 30.9 Å². The zero-order valence-corrected chi connectivity index (χ0v) is 10.1. The van der Waals surface area contributed by atoms with Crippen LogP contribution in [-0.2, 0) is 9.84 Å². The number of nitrogens with one attached hydrogen (secondary N) is 1. The summed E-state index contributed by atoms with van der Waals surface area (Å²) in [7, 11) is -2.91. The third-order valence-corrected chi connectivity index (χ3v) is 5.15. The molecule has 1 aliphatic rings. The molecule has 0 aromatic carbocycles. The van der Waals surface area contributed by atoms with Gasteiger partial charge < -0.3 is 5.32 Å². The van der Waals surface area contributed by atoms with Gasteiger partial charge in [0.2, 0.25) is 0 Å². The lowest BCUT2D eigenvalue weighted by molar-refractivity contribution is 0.591. The fraction of sp³-hybridized carbons (Fsp3) is 0.455. The molecule has 0 radical (unpaired) electrons. The number of pyridine rings is 1. The average Bonchev–Trinajstić information content (AvgIpc) is 2.66. The molecule has 2 heterocycles. The maximum atomic E-state index is 11.6. The van der Waals surface area contributed by atoms with Crippen LogP contribution in [0.4, 0.5) is 5.69 Å². The molecule has 1 aliphatic heterocycles. The van der Waals surface area contributed by atoms with Crippen LogP contribution in [0.3, 0.4) is 0 Å². The van der Waals surface area contributed by atoms with E-state index in [1.165, 1.54) is 0 Å². The van der Waals surface area contributed by atoms with Gasteiger partial charge in [0.1, 0.15) is 11.8 Å². The summed E-state index contributed by atoms with van der Waals surface area (Å²) in [6, 6.07) is 5.26. The van der Waals surface area contributed by atoms with Gasteiger partial charge >= 0.3 is 0 Å². The summed E-state index contributed by atoms with van der Waals surface area (Å²) in [5.41, 5.74) is 1.09. The van der Waals surface area contributed by atoms with E-state index in [1.54, 1.807) is 18.3 Å². The van der Waals surface area contributed by atoms with E-state index in [2.05, 4.69) is 10.3 Å². The lowest BCUT2D eigenvalue weighted by atomic mass is 10.2. The van der Waals surface area contributed by atoms with Gasteiger partial charge in [-0.05, 0) is 25.0 Å². The minimum Gasteiger partial charge on any atom is -0.382 e. The molecule has 0 saturated carbocycles. The number of nitrogens with zero attached hydrogens (tertiary/aromatic N) is 2. The Morgan fingerprint density at radius 3 is 2.88 bits per heavy atom. The molecular weight excluding hydrogens is 238 g/mol. The molecule has 1 aromatic rings. The lowest BCUT2D eigenvalue weighted by Crippen LogP contribution is -2.25. The highest BCUT2D eigenvalue weighted by Crippen LogP contribution is 2.20. The fourth-order valence-electron chi connectivity index (χ4n) is 1.88. The van der Waals surface area contributed by atoms with E-state index in [0.29, 0.717) is 18.0 Å². The molecule has 0 amide bonds. The van der Waals surface area contributed by atoms with Crippen molar-refractivity contribution < 1.29 is 8.42 Å². The van der Waals surface area contributed by atoms with E-state index in [9.17, 15) is 8.42 Å². The molecule has 90 valence electrons. The van der Waals surface area contributed by atoms with Crippen LogP contribution >= 0.6 is 0 Å². The van der Waals surface area contributed by atoms with Crippen LogP contribution in [0.25, 0.3) is 0 Å². The number of nitriles is 1. The maximum Gasteiger partial charge on any atom is 0.154 e. The summed E-state index contributed by atoms with van der Waals surface area (Å²) < 4.78 is 23.2. The minimum atomic E-state index is -2.91. The van der Waals surface area contributed by atoms with Gasteiger partial charge in [0.05, 0.1) is 22.9 Å².